The minimum Gasteiger partial charge on any atom is -0.360 e. The van der Waals surface area contributed by atoms with Gasteiger partial charge in [0.1, 0.15) is 6.07 Å². The maximum absolute atomic E-state index is 12.2. The van der Waals surface area contributed by atoms with E-state index in [9.17, 15) is 4.79 Å². The highest BCUT2D eigenvalue weighted by atomic mass is 16.1. The number of carbonyl (C=O) groups excluding carboxylic acids is 1. The zero-order valence-corrected chi connectivity index (χ0v) is 9.72. The van der Waals surface area contributed by atoms with E-state index in [1.54, 1.807) is 0 Å². The summed E-state index contributed by atoms with van der Waals surface area (Å²) in [4.78, 5) is 12.2. The smallest absolute Gasteiger partial charge is 0.173 e. The van der Waals surface area contributed by atoms with Crippen molar-refractivity contribution >= 4 is 5.78 Å². The molecule has 0 spiro atoms. The SMILES string of the molecule is CCC1=C(C)NC2=C(C#N)C(C)=CC2C1=O. The van der Waals surface area contributed by atoms with Gasteiger partial charge in [0.25, 0.3) is 0 Å². The van der Waals surface area contributed by atoms with E-state index in [2.05, 4.69) is 11.4 Å². The van der Waals surface area contributed by atoms with Gasteiger partial charge >= 0.3 is 0 Å². The van der Waals surface area contributed by atoms with Gasteiger partial charge in [0, 0.05) is 17.0 Å². The Labute approximate surface area is 95.1 Å². The van der Waals surface area contributed by atoms with Crippen molar-refractivity contribution in [3.63, 3.8) is 0 Å². The van der Waals surface area contributed by atoms with Gasteiger partial charge in [0.2, 0.25) is 0 Å². The fourth-order valence-corrected chi connectivity index (χ4v) is 2.37. The normalized spacial score (nSPS) is 24.0. The average Bonchev–Trinajstić information content (AvgIpc) is 2.55. The molecule has 1 heterocycles. The quantitative estimate of drug-likeness (QED) is 0.728. The third kappa shape index (κ3) is 1.30. The topological polar surface area (TPSA) is 52.9 Å². The zero-order chi connectivity index (χ0) is 11.9. The number of carbonyl (C=O) groups is 1. The van der Waals surface area contributed by atoms with Crippen LogP contribution in [0.4, 0.5) is 0 Å². The molecular formula is C13H14N2O. The van der Waals surface area contributed by atoms with E-state index in [1.165, 1.54) is 0 Å². The number of nitriles is 1. The molecule has 0 amide bonds. The van der Waals surface area contributed by atoms with Gasteiger partial charge in [-0.2, -0.15) is 5.26 Å². The van der Waals surface area contributed by atoms with E-state index < -0.39 is 0 Å². The Balaban J connectivity index is 2.54. The molecule has 2 rings (SSSR count). The van der Waals surface area contributed by atoms with Crippen LogP contribution in [0.15, 0.2) is 34.2 Å². The predicted molar refractivity (Wildman–Crippen MR) is 61.0 cm³/mol. The summed E-state index contributed by atoms with van der Waals surface area (Å²) in [6, 6.07) is 2.16. The van der Waals surface area contributed by atoms with Gasteiger partial charge < -0.3 is 5.32 Å². The highest BCUT2D eigenvalue weighted by Crippen LogP contribution is 2.35. The van der Waals surface area contributed by atoms with Crippen molar-refractivity contribution in [3.8, 4) is 6.07 Å². The fraction of sp³-hybridized carbons (Fsp3) is 0.385. The molecule has 1 aliphatic heterocycles. The van der Waals surface area contributed by atoms with Crippen molar-refractivity contribution in [2.45, 2.75) is 27.2 Å². The molecule has 2 aliphatic rings. The summed E-state index contributed by atoms with van der Waals surface area (Å²) >= 11 is 0. The molecule has 1 aliphatic carbocycles. The standard InChI is InChI=1S/C13H14N2O/c1-4-9-8(3)15-12-10(13(9)16)5-7(2)11(12)6-14/h5,10,15H,4H2,1-3H3. The average molecular weight is 214 g/mol. The van der Waals surface area contributed by atoms with Crippen LogP contribution in [0.5, 0.6) is 0 Å². The molecule has 0 saturated heterocycles. The van der Waals surface area contributed by atoms with Crippen LogP contribution in [0.25, 0.3) is 0 Å². The maximum Gasteiger partial charge on any atom is 0.173 e. The van der Waals surface area contributed by atoms with Crippen LogP contribution in [-0.2, 0) is 4.79 Å². The van der Waals surface area contributed by atoms with Crippen molar-refractivity contribution in [1.82, 2.24) is 5.32 Å². The van der Waals surface area contributed by atoms with Crippen molar-refractivity contribution in [2.24, 2.45) is 5.92 Å². The van der Waals surface area contributed by atoms with Crippen LogP contribution in [0.3, 0.4) is 0 Å². The van der Waals surface area contributed by atoms with Gasteiger partial charge in [-0.05, 0) is 25.8 Å². The zero-order valence-electron chi connectivity index (χ0n) is 9.72. The van der Waals surface area contributed by atoms with Crippen molar-refractivity contribution < 1.29 is 4.79 Å². The molecular weight excluding hydrogens is 200 g/mol. The first kappa shape index (κ1) is 10.7. The van der Waals surface area contributed by atoms with E-state index in [-0.39, 0.29) is 11.7 Å². The molecule has 0 radical (unpaired) electrons. The van der Waals surface area contributed by atoms with Crippen LogP contribution < -0.4 is 5.32 Å². The number of hydrogen-bond donors (Lipinski definition) is 1. The Bertz CT molecular complexity index is 501. The Morgan fingerprint density at radius 3 is 2.75 bits per heavy atom. The Hall–Kier alpha value is -1.82. The summed E-state index contributed by atoms with van der Waals surface area (Å²) in [6.45, 7) is 5.74. The number of allylic oxidation sites excluding steroid dienone is 5. The van der Waals surface area contributed by atoms with Crippen LogP contribution >= 0.6 is 0 Å². The Kier molecular flexibility index (Phi) is 2.43. The van der Waals surface area contributed by atoms with Crippen LogP contribution in [0, 0.1) is 17.2 Å². The summed E-state index contributed by atoms with van der Waals surface area (Å²) in [5, 5.41) is 12.3. The molecule has 82 valence electrons. The molecule has 0 saturated carbocycles. The van der Waals surface area contributed by atoms with Crippen molar-refractivity contribution in [3.05, 3.63) is 34.2 Å². The number of fused-ring (bicyclic) bond motifs is 1. The van der Waals surface area contributed by atoms with E-state index in [0.29, 0.717) is 5.57 Å². The monoisotopic (exact) mass is 214 g/mol. The second-order valence-corrected chi connectivity index (χ2v) is 4.17. The lowest BCUT2D eigenvalue weighted by Gasteiger charge is -2.24. The maximum atomic E-state index is 12.2. The third-order valence-corrected chi connectivity index (χ3v) is 3.21. The highest BCUT2D eigenvalue weighted by Gasteiger charge is 2.35. The van der Waals surface area contributed by atoms with Gasteiger partial charge in [0.15, 0.2) is 5.78 Å². The molecule has 16 heavy (non-hydrogen) atoms. The molecule has 0 aromatic carbocycles. The predicted octanol–water partition coefficient (Wildman–Crippen LogP) is 2.20. The van der Waals surface area contributed by atoms with Crippen molar-refractivity contribution in [1.29, 1.82) is 5.26 Å². The molecule has 1 unspecified atom stereocenters. The minimum atomic E-state index is -0.256. The molecule has 0 fully saturated rings. The lowest BCUT2D eigenvalue weighted by atomic mass is 9.89. The summed E-state index contributed by atoms with van der Waals surface area (Å²) in [5.41, 5.74) is 4.01. The Morgan fingerprint density at radius 2 is 2.19 bits per heavy atom. The molecule has 3 heteroatoms. The molecule has 1 atom stereocenters. The van der Waals surface area contributed by atoms with Crippen LogP contribution in [-0.4, -0.2) is 5.78 Å². The first-order valence-corrected chi connectivity index (χ1v) is 5.44. The first-order valence-electron chi connectivity index (χ1n) is 5.44. The van der Waals surface area contributed by atoms with Gasteiger partial charge in [-0.15, -0.1) is 0 Å². The van der Waals surface area contributed by atoms with Crippen LogP contribution in [0.2, 0.25) is 0 Å². The number of rotatable bonds is 1. The number of ketones is 1. The molecule has 0 aromatic heterocycles. The second kappa shape index (κ2) is 3.64. The lowest BCUT2D eigenvalue weighted by molar-refractivity contribution is -0.117. The van der Waals surface area contributed by atoms with Gasteiger partial charge in [-0.3, -0.25) is 4.79 Å². The van der Waals surface area contributed by atoms with Crippen molar-refractivity contribution in [2.75, 3.05) is 0 Å². The number of Topliss-reactive ketones (excluding diaryl/α,β-unsaturated/α-hetero) is 1. The van der Waals surface area contributed by atoms with Gasteiger partial charge in [-0.25, -0.2) is 0 Å². The molecule has 0 aromatic rings. The summed E-state index contributed by atoms with van der Waals surface area (Å²) in [5.74, 6) is -0.119. The number of nitrogens with one attached hydrogen (secondary N) is 1. The number of hydrogen-bond acceptors (Lipinski definition) is 3. The van der Waals surface area contributed by atoms with E-state index in [1.807, 2.05) is 26.8 Å². The second-order valence-electron chi connectivity index (χ2n) is 4.17. The molecule has 0 bridgehead atoms. The largest absolute Gasteiger partial charge is 0.360 e. The summed E-state index contributed by atoms with van der Waals surface area (Å²) < 4.78 is 0. The molecule has 3 nitrogen and oxygen atoms in total. The first-order chi connectivity index (χ1) is 7.60. The highest BCUT2D eigenvalue weighted by molar-refractivity contribution is 6.03. The van der Waals surface area contributed by atoms with Gasteiger partial charge in [-0.1, -0.05) is 13.0 Å². The molecule has 1 N–H and O–H groups in total. The Morgan fingerprint density at radius 1 is 1.50 bits per heavy atom. The van der Waals surface area contributed by atoms with Gasteiger partial charge in [0.05, 0.1) is 11.5 Å². The minimum absolute atomic E-state index is 0.137. The van der Waals surface area contributed by atoms with E-state index >= 15 is 0 Å². The third-order valence-electron chi connectivity index (χ3n) is 3.21. The summed E-state index contributed by atoms with van der Waals surface area (Å²) in [6.07, 6.45) is 2.61. The number of nitrogens with zero attached hydrogens (tertiary/aromatic N) is 1. The van der Waals surface area contributed by atoms with Crippen LogP contribution in [0.1, 0.15) is 27.2 Å². The fourth-order valence-electron chi connectivity index (χ4n) is 2.37. The lowest BCUT2D eigenvalue weighted by Crippen LogP contribution is -2.31. The summed E-state index contributed by atoms with van der Waals surface area (Å²) in [7, 11) is 0. The van der Waals surface area contributed by atoms with E-state index in [0.717, 1.165) is 29.0 Å². The van der Waals surface area contributed by atoms with E-state index in [4.69, 9.17) is 5.26 Å².